The lowest BCUT2D eigenvalue weighted by Crippen LogP contribution is -2.27. The molecule has 0 saturated carbocycles. The van der Waals surface area contributed by atoms with Crippen molar-refractivity contribution in [2.45, 2.75) is 12.8 Å². The van der Waals surface area contributed by atoms with Gasteiger partial charge in [0, 0.05) is 42.4 Å². The standard InChI is InChI=1S/C19H19N5O/c1-25-18-11-17(21-13-22-18)24-9-7-15-16(8-10-24)20-12-23-19(15)14-5-3-2-4-6-14/h2-6,11-13H,7-10H2,1H3. The van der Waals surface area contributed by atoms with Crippen LogP contribution in [0.1, 0.15) is 11.3 Å². The molecule has 0 aliphatic carbocycles. The van der Waals surface area contributed by atoms with Gasteiger partial charge in [-0.05, 0) is 6.42 Å². The van der Waals surface area contributed by atoms with E-state index in [1.807, 2.05) is 24.3 Å². The first-order valence-corrected chi connectivity index (χ1v) is 8.34. The average molecular weight is 333 g/mol. The summed E-state index contributed by atoms with van der Waals surface area (Å²) in [6.07, 6.45) is 4.96. The molecule has 0 amide bonds. The fourth-order valence-corrected chi connectivity index (χ4v) is 3.21. The van der Waals surface area contributed by atoms with Gasteiger partial charge in [0.1, 0.15) is 18.5 Å². The highest BCUT2D eigenvalue weighted by molar-refractivity contribution is 5.64. The number of hydrogen-bond donors (Lipinski definition) is 0. The van der Waals surface area contributed by atoms with E-state index in [-0.39, 0.29) is 0 Å². The quantitative estimate of drug-likeness (QED) is 0.734. The third kappa shape index (κ3) is 3.15. The molecule has 0 N–H and O–H groups in total. The Bertz CT molecular complexity index is 869. The number of aromatic nitrogens is 4. The summed E-state index contributed by atoms with van der Waals surface area (Å²) < 4.78 is 5.22. The third-order valence-electron chi connectivity index (χ3n) is 4.49. The summed E-state index contributed by atoms with van der Waals surface area (Å²) >= 11 is 0. The molecule has 0 radical (unpaired) electrons. The van der Waals surface area contributed by atoms with E-state index < -0.39 is 0 Å². The Kier molecular flexibility index (Phi) is 4.24. The summed E-state index contributed by atoms with van der Waals surface area (Å²) in [5.41, 5.74) is 4.53. The Morgan fingerprint density at radius 1 is 0.920 bits per heavy atom. The minimum absolute atomic E-state index is 0.580. The molecule has 3 aromatic rings. The van der Waals surface area contributed by atoms with Crippen LogP contribution in [0.5, 0.6) is 5.88 Å². The van der Waals surface area contributed by atoms with Crippen molar-refractivity contribution in [1.82, 2.24) is 19.9 Å². The molecule has 0 fully saturated rings. The highest BCUT2D eigenvalue weighted by Gasteiger charge is 2.20. The largest absolute Gasteiger partial charge is 0.481 e. The van der Waals surface area contributed by atoms with Crippen molar-refractivity contribution in [3.63, 3.8) is 0 Å². The molecular formula is C19H19N5O. The smallest absolute Gasteiger partial charge is 0.218 e. The van der Waals surface area contributed by atoms with Crippen molar-refractivity contribution in [1.29, 1.82) is 0 Å². The molecule has 3 heterocycles. The molecule has 25 heavy (non-hydrogen) atoms. The normalized spacial score (nSPS) is 13.9. The van der Waals surface area contributed by atoms with E-state index in [0.29, 0.717) is 5.88 Å². The van der Waals surface area contributed by atoms with Gasteiger partial charge in [-0.3, -0.25) is 0 Å². The second-order valence-corrected chi connectivity index (χ2v) is 5.92. The summed E-state index contributed by atoms with van der Waals surface area (Å²) in [5.74, 6) is 1.46. The van der Waals surface area contributed by atoms with E-state index in [1.165, 1.54) is 5.56 Å². The first-order valence-electron chi connectivity index (χ1n) is 8.34. The molecule has 6 heteroatoms. The molecule has 0 spiro atoms. The number of ether oxygens (including phenoxy) is 1. The SMILES string of the molecule is COc1cc(N2CCc3ncnc(-c4ccccc4)c3CC2)ncn1. The summed E-state index contributed by atoms with van der Waals surface area (Å²) in [6, 6.07) is 12.2. The van der Waals surface area contributed by atoms with Crippen LogP contribution in [0.2, 0.25) is 0 Å². The minimum Gasteiger partial charge on any atom is -0.481 e. The van der Waals surface area contributed by atoms with Gasteiger partial charge in [0.05, 0.1) is 12.8 Å². The number of methoxy groups -OCH3 is 1. The summed E-state index contributed by atoms with van der Waals surface area (Å²) in [6.45, 7) is 1.72. The highest BCUT2D eigenvalue weighted by Crippen LogP contribution is 2.27. The number of benzene rings is 1. The zero-order valence-corrected chi connectivity index (χ0v) is 14.1. The molecule has 0 atom stereocenters. The van der Waals surface area contributed by atoms with Gasteiger partial charge in [0.2, 0.25) is 5.88 Å². The van der Waals surface area contributed by atoms with Crippen molar-refractivity contribution >= 4 is 5.82 Å². The van der Waals surface area contributed by atoms with Crippen LogP contribution in [-0.2, 0) is 12.8 Å². The fourth-order valence-electron chi connectivity index (χ4n) is 3.21. The molecule has 0 unspecified atom stereocenters. The van der Waals surface area contributed by atoms with Crippen molar-refractivity contribution in [2.24, 2.45) is 0 Å². The van der Waals surface area contributed by atoms with Gasteiger partial charge >= 0.3 is 0 Å². The van der Waals surface area contributed by atoms with Gasteiger partial charge in [-0.25, -0.2) is 19.9 Å². The monoisotopic (exact) mass is 333 g/mol. The van der Waals surface area contributed by atoms with E-state index in [0.717, 1.165) is 48.7 Å². The predicted octanol–water partition coefficient (Wildman–Crippen LogP) is 2.55. The van der Waals surface area contributed by atoms with Gasteiger partial charge in [-0.15, -0.1) is 0 Å². The van der Waals surface area contributed by atoms with Crippen LogP contribution < -0.4 is 9.64 Å². The molecule has 2 aromatic heterocycles. The van der Waals surface area contributed by atoms with Crippen LogP contribution in [0.4, 0.5) is 5.82 Å². The van der Waals surface area contributed by atoms with Gasteiger partial charge < -0.3 is 9.64 Å². The number of fused-ring (bicyclic) bond motifs is 1. The van der Waals surface area contributed by atoms with Crippen molar-refractivity contribution in [2.75, 3.05) is 25.1 Å². The van der Waals surface area contributed by atoms with Crippen molar-refractivity contribution in [3.8, 4) is 17.1 Å². The molecule has 126 valence electrons. The fraction of sp³-hybridized carbons (Fsp3) is 0.263. The molecule has 6 nitrogen and oxygen atoms in total. The lowest BCUT2D eigenvalue weighted by molar-refractivity contribution is 0.396. The van der Waals surface area contributed by atoms with Gasteiger partial charge in [0.15, 0.2) is 0 Å². The molecule has 0 saturated heterocycles. The second-order valence-electron chi connectivity index (χ2n) is 5.92. The number of rotatable bonds is 3. The molecular weight excluding hydrogens is 314 g/mol. The van der Waals surface area contributed by atoms with Gasteiger partial charge in [-0.2, -0.15) is 0 Å². The molecule has 1 aliphatic heterocycles. The first-order chi connectivity index (χ1) is 12.3. The Hall–Kier alpha value is -3.02. The zero-order chi connectivity index (χ0) is 17.1. The number of nitrogens with zero attached hydrogens (tertiary/aromatic N) is 5. The zero-order valence-electron chi connectivity index (χ0n) is 14.1. The Morgan fingerprint density at radius 2 is 1.72 bits per heavy atom. The summed E-state index contributed by atoms with van der Waals surface area (Å²) in [5, 5.41) is 0. The minimum atomic E-state index is 0.580. The van der Waals surface area contributed by atoms with Crippen molar-refractivity contribution in [3.05, 3.63) is 60.3 Å². The Labute approximate surface area is 146 Å². The van der Waals surface area contributed by atoms with Gasteiger partial charge in [-0.1, -0.05) is 30.3 Å². The topological polar surface area (TPSA) is 64.0 Å². The van der Waals surface area contributed by atoms with Crippen LogP contribution in [-0.4, -0.2) is 40.1 Å². The summed E-state index contributed by atoms with van der Waals surface area (Å²) in [7, 11) is 1.62. The Morgan fingerprint density at radius 3 is 2.56 bits per heavy atom. The van der Waals surface area contributed by atoms with Crippen LogP contribution in [0.15, 0.2) is 49.1 Å². The maximum absolute atomic E-state index is 5.22. The molecule has 0 bridgehead atoms. The summed E-state index contributed by atoms with van der Waals surface area (Å²) in [4.78, 5) is 19.8. The predicted molar refractivity (Wildman–Crippen MR) is 95.7 cm³/mol. The van der Waals surface area contributed by atoms with Crippen molar-refractivity contribution < 1.29 is 4.74 Å². The lowest BCUT2D eigenvalue weighted by atomic mass is 10.0. The van der Waals surface area contributed by atoms with E-state index in [4.69, 9.17) is 4.74 Å². The van der Waals surface area contributed by atoms with E-state index >= 15 is 0 Å². The van der Waals surface area contributed by atoms with Crippen LogP contribution in [0.25, 0.3) is 11.3 Å². The third-order valence-corrected chi connectivity index (χ3v) is 4.49. The highest BCUT2D eigenvalue weighted by atomic mass is 16.5. The van der Waals surface area contributed by atoms with Gasteiger partial charge in [0.25, 0.3) is 0 Å². The van der Waals surface area contributed by atoms with Crippen LogP contribution >= 0.6 is 0 Å². The van der Waals surface area contributed by atoms with E-state index in [2.05, 4.69) is 37.0 Å². The van der Waals surface area contributed by atoms with E-state index in [1.54, 1.807) is 19.8 Å². The molecule has 1 aliphatic rings. The Balaban J connectivity index is 1.64. The maximum atomic E-state index is 5.22. The lowest BCUT2D eigenvalue weighted by Gasteiger charge is -2.21. The molecule has 1 aromatic carbocycles. The average Bonchev–Trinajstić information content (AvgIpc) is 2.91. The maximum Gasteiger partial charge on any atom is 0.218 e. The molecule has 4 rings (SSSR count). The van der Waals surface area contributed by atoms with Crippen LogP contribution in [0, 0.1) is 0 Å². The number of hydrogen-bond acceptors (Lipinski definition) is 6. The first kappa shape index (κ1) is 15.5. The van der Waals surface area contributed by atoms with E-state index in [9.17, 15) is 0 Å². The number of anilines is 1. The second kappa shape index (κ2) is 6.84. The van der Waals surface area contributed by atoms with Crippen LogP contribution in [0.3, 0.4) is 0 Å².